The van der Waals surface area contributed by atoms with Crippen molar-refractivity contribution < 1.29 is 4.74 Å². The molecule has 1 aliphatic heterocycles. The van der Waals surface area contributed by atoms with Crippen LogP contribution in [0, 0.1) is 0 Å². The highest BCUT2D eigenvalue weighted by molar-refractivity contribution is 5.90. The van der Waals surface area contributed by atoms with Gasteiger partial charge in [0.05, 0.1) is 7.11 Å². The average molecular weight is 98.1 g/mol. The standard InChI is InChI=1S/C4H6N2O/c1-7-4-2-5-3-6-4/h3H,2H2,1H3. The molecule has 1 aliphatic rings. The number of nitrogens with zero attached hydrogens (tertiary/aromatic N) is 2. The van der Waals surface area contributed by atoms with Gasteiger partial charge in [0.15, 0.2) is 0 Å². The molecule has 1 rings (SSSR count). The maximum Gasteiger partial charge on any atom is 0.211 e. The SMILES string of the molecule is COC1=NC=NC1. The van der Waals surface area contributed by atoms with Crippen molar-refractivity contribution in [2.75, 3.05) is 13.7 Å². The minimum atomic E-state index is 0.608. The Balaban J connectivity index is 2.45. The van der Waals surface area contributed by atoms with Crippen LogP contribution in [-0.4, -0.2) is 25.9 Å². The first-order chi connectivity index (χ1) is 3.43. The second-order valence-corrected chi connectivity index (χ2v) is 1.18. The Hall–Kier alpha value is -0.860. The van der Waals surface area contributed by atoms with Gasteiger partial charge in [-0.15, -0.1) is 0 Å². The molecule has 0 amide bonds. The van der Waals surface area contributed by atoms with Crippen LogP contribution in [0.5, 0.6) is 0 Å². The quantitative estimate of drug-likeness (QED) is 0.422. The van der Waals surface area contributed by atoms with E-state index in [1.807, 2.05) is 0 Å². The molecule has 0 atom stereocenters. The van der Waals surface area contributed by atoms with Crippen molar-refractivity contribution in [2.24, 2.45) is 9.98 Å². The molecule has 0 fully saturated rings. The van der Waals surface area contributed by atoms with E-state index in [4.69, 9.17) is 4.74 Å². The molecular formula is C4H6N2O. The largest absolute Gasteiger partial charge is 0.483 e. The third-order valence-electron chi connectivity index (χ3n) is 0.746. The summed E-state index contributed by atoms with van der Waals surface area (Å²) in [7, 11) is 1.59. The Morgan fingerprint density at radius 3 is 3.00 bits per heavy atom. The zero-order valence-corrected chi connectivity index (χ0v) is 4.09. The first-order valence-electron chi connectivity index (χ1n) is 2.02. The molecule has 3 nitrogen and oxygen atoms in total. The summed E-state index contributed by atoms with van der Waals surface area (Å²) >= 11 is 0. The summed E-state index contributed by atoms with van der Waals surface area (Å²) < 4.78 is 4.74. The summed E-state index contributed by atoms with van der Waals surface area (Å²) in [6.45, 7) is 0.608. The Kier molecular flexibility index (Phi) is 1.06. The monoisotopic (exact) mass is 98.0 g/mol. The predicted molar refractivity (Wildman–Crippen MR) is 27.8 cm³/mol. The fourth-order valence-corrected chi connectivity index (χ4v) is 0.382. The summed E-state index contributed by atoms with van der Waals surface area (Å²) in [4.78, 5) is 7.54. The molecule has 0 aliphatic carbocycles. The molecule has 1 heterocycles. The van der Waals surface area contributed by atoms with Crippen LogP contribution in [0.2, 0.25) is 0 Å². The Morgan fingerprint density at radius 2 is 2.71 bits per heavy atom. The summed E-state index contributed by atoms with van der Waals surface area (Å²) in [5.41, 5.74) is 0. The molecular weight excluding hydrogens is 92.1 g/mol. The second-order valence-electron chi connectivity index (χ2n) is 1.18. The molecule has 3 heteroatoms. The van der Waals surface area contributed by atoms with Gasteiger partial charge >= 0.3 is 0 Å². The van der Waals surface area contributed by atoms with Crippen molar-refractivity contribution in [1.29, 1.82) is 0 Å². The smallest absolute Gasteiger partial charge is 0.211 e. The Bertz CT molecular complexity index is 117. The van der Waals surface area contributed by atoms with Crippen LogP contribution in [0.4, 0.5) is 0 Å². The number of ether oxygens (including phenoxy) is 1. The topological polar surface area (TPSA) is 34.0 Å². The number of aliphatic imine (C=N–C) groups is 2. The lowest BCUT2D eigenvalue weighted by Gasteiger charge is -1.90. The van der Waals surface area contributed by atoms with E-state index in [1.165, 1.54) is 6.34 Å². The lowest BCUT2D eigenvalue weighted by molar-refractivity contribution is 0.399. The van der Waals surface area contributed by atoms with Gasteiger partial charge in [-0.2, -0.15) is 0 Å². The van der Waals surface area contributed by atoms with Gasteiger partial charge in [0.25, 0.3) is 0 Å². The summed E-state index contributed by atoms with van der Waals surface area (Å²) in [5.74, 6) is 0.694. The second kappa shape index (κ2) is 1.73. The van der Waals surface area contributed by atoms with E-state index in [-0.39, 0.29) is 0 Å². The van der Waals surface area contributed by atoms with Crippen LogP contribution in [-0.2, 0) is 4.74 Å². The molecule has 0 unspecified atom stereocenters. The van der Waals surface area contributed by atoms with E-state index in [2.05, 4.69) is 9.98 Å². The van der Waals surface area contributed by atoms with Crippen LogP contribution >= 0.6 is 0 Å². The molecule has 0 bridgehead atoms. The number of hydrogen-bond acceptors (Lipinski definition) is 3. The predicted octanol–water partition coefficient (Wildman–Crippen LogP) is 0.0732. The van der Waals surface area contributed by atoms with Gasteiger partial charge in [-0.3, -0.25) is 4.99 Å². The van der Waals surface area contributed by atoms with Gasteiger partial charge < -0.3 is 4.74 Å². The van der Waals surface area contributed by atoms with Crippen LogP contribution in [0.3, 0.4) is 0 Å². The molecule has 0 radical (unpaired) electrons. The summed E-state index contributed by atoms with van der Waals surface area (Å²) in [6, 6.07) is 0. The van der Waals surface area contributed by atoms with Gasteiger partial charge in [-0.05, 0) is 0 Å². The molecule has 0 aromatic heterocycles. The average Bonchev–Trinajstić information content (AvgIpc) is 2.14. The normalized spacial score (nSPS) is 17.0. The zero-order valence-electron chi connectivity index (χ0n) is 4.09. The first kappa shape index (κ1) is 4.30. The third-order valence-corrected chi connectivity index (χ3v) is 0.746. The number of hydrogen-bond donors (Lipinski definition) is 0. The number of rotatable bonds is 0. The van der Waals surface area contributed by atoms with E-state index < -0.39 is 0 Å². The van der Waals surface area contributed by atoms with Crippen molar-refractivity contribution in [3.8, 4) is 0 Å². The summed E-state index contributed by atoms with van der Waals surface area (Å²) in [6.07, 6.45) is 1.50. The van der Waals surface area contributed by atoms with E-state index in [9.17, 15) is 0 Å². The third kappa shape index (κ3) is 0.765. The molecule has 7 heavy (non-hydrogen) atoms. The highest BCUT2D eigenvalue weighted by atomic mass is 16.5. The van der Waals surface area contributed by atoms with Crippen molar-refractivity contribution in [2.45, 2.75) is 0 Å². The minimum Gasteiger partial charge on any atom is -0.483 e. The van der Waals surface area contributed by atoms with E-state index in [1.54, 1.807) is 7.11 Å². The highest BCUT2D eigenvalue weighted by Crippen LogP contribution is 1.86. The van der Waals surface area contributed by atoms with E-state index >= 15 is 0 Å². The van der Waals surface area contributed by atoms with E-state index in [0.717, 1.165) is 0 Å². The van der Waals surface area contributed by atoms with Gasteiger partial charge in [0.1, 0.15) is 12.9 Å². The van der Waals surface area contributed by atoms with Gasteiger partial charge in [-0.25, -0.2) is 4.99 Å². The molecule has 0 saturated carbocycles. The summed E-state index contributed by atoms with van der Waals surface area (Å²) in [5, 5.41) is 0. The fourth-order valence-electron chi connectivity index (χ4n) is 0.382. The first-order valence-corrected chi connectivity index (χ1v) is 2.02. The molecule has 0 spiro atoms. The minimum absolute atomic E-state index is 0.608. The molecule has 0 saturated heterocycles. The van der Waals surface area contributed by atoms with Crippen molar-refractivity contribution in [1.82, 2.24) is 0 Å². The lowest BCUT2D eigenvalue weighted by Crippen LogP contribution is -1.99. The van der Waals surface area contributed by atoms with E-state index in [0.29, 0.717) is 12.4 Å². The van der Waals surface area contributed by atoms with Crippen LogP contribution in [0.15, 0.2) is 9.98 Å². The Morgan fingerprint density at radius 1 is 1.86 bits per heavy atom. The van der Waals surface area contributed by atoms with Crippen molar-refractivity contribution >= 4 is 12.2 Å². The fraction of sp³-hybridized carbons (Fsp3) is 0.500. The van der Waals surface area contributed by atoms with Gasteiger partial charge in [0.2, 0.25) is 5.90 Å². The lowest BCUT2D eigenvalue weighted by atomic mass is 10.7. The molecule has 0 aromatic rings. The maximum atomic E-state index is 4.74. The van der Waals surface area contributed by atoms with Gasteiger partial charge in [-0.1, -0.05) is 0 Å². The maximum absolute atomic E-state index is 4.74. The van der Waals surface area contributed by atoms with Crippen LogP contribution < -0.4 is 0 Å². The Labute approximate surface area is 41.7 Å². The molecule has 38 valence electrons. The molecule has 0 aromatic carbocycles. The highest BCUT2D eigenvalue weighted by Gasteiger charge is 1.97. The van der Waals surface area contributed by atoms with Crippen molar-refractivity contribution in [3.63, 3.8) is 0 Å². The van der Waals surface area contributed by atoms with Gasteiger partial charge in [0, 0.05) is 0 Å². The number of methoxy groups -OCH3 is 1. The van der Waals surface area contributed by atoms with Crippen molar-refractivity contribution in [3.05, 3.63) is 0 Å². The zero-order chi connectivity index (χ0) is 5.11. The van der Waals surface area contributed by atoms with Crippen LogP contribution in [0.25, 0.3) is 0 Å². The van der Waals surface area contributed by atoms with Crippen LogP contribution in [0.1, 0.15) is 0 Å². The molecule has 0 N–H and O–H groups in total.